The van der Waals surface area contributed by atoms with Crippen LogP contribution in [-0.2, 0) is 44.3 Å². The SMILES string of the molecule is C=CC(=O)OCCCc1ccc(-c2cc(-c3ccc(CCCOC(=O)C=C)cc3)c(C(F)(F)F)cc2C(F)(F)F)cc1. The van der Waals surface area contributed by atoms with E-state index in [-0.39, 0.29) is 41.5 Å². The lowest BCUT2D eigenvalue weighted by atomic mass is 9.89. The van der Waals surface area contributed by atoms with Gasteiger partial charge >= 0.3 is 24.3 Å². The van der Waals surface area contributed by atoms with Crippen LogP contribution in [0.5, 0.6) is 0 Å². The molecule has 4 nitrogen and oxygen atoms in total. The topological polar surface area (TPSA) is 52.6 Å². The molecule has 0 saturated carbocycles. The zero-order valence-corrected chi connectivity index (χ0v) is 22.5. The van der Waals surface area contributed by atoms with E-state index in [0.29, 0.717) is 25.7 Å². The average Bonchev–Trinajstić information content (AvgIpc) is 2.96. The van der Waals surface area contributed by atoms with Crippen LogP contribution >= 0.6 is 0 Å². The Labute approximate surface area is 239 Å². The number of carbonyl (C=O) groups excluding carboxylic acids is 2. The highest BCUT2D eigenvalue weighted by Crippen LogP contribution is 2.45. The summed E-state index contributed by atoms with van der Waals surface area (Å²) in [4.78, 5) is 22.3. The van der Waals surface area contributed by atoms with Gasteiger partial charge in [0.05, 0.1) is 24.3 Å². The zero-order chi connectivity index (χ0) is 30.9. The fourth-order valence-electron chi connectivity index (χ4n) is 4.26. The number of hydrogen-bond acceptors (Lipinski definition) is 4. The van der Waals surface area contributed by atoms with E-state index in [1.807, 2.05) is 0 Å². The summed E-state index contributed by atoms with van der Waals surface area (Å²) >= 11 is 0. The van der Waals surface area contributed by atoms with Crippen LogP contribution < -0.4 is 0 Å². The van der Waals surface area contributed by atoms with Crippen molar-refractivity contribution in [3.63, 3.8) is 0 Å². The van der Waals surface area contributed by atoms with Gasteiger partial charge in [-0.15, -0.1) is 0 Å². The molecule has 0 bridgehead atoms. The lowest BCUT2D eigenvalue weighted by molar-refractivity contribution is -0.142. The Morgan fingerprint density at radius 1 is 0.619 bits per heavy atom. The molecule has 3 rings (SSSR count). The molecule has 0 amide bonds. The van der Waals surface area contributed by atoms with Crippen LogP contribution in [0.2, 0.25) is 0 Å². The minimum atomic E-state index is -5.04. The summed E-state index contributed by atoms with van der Waals surface area (Å²) in [5.41, 5.74) is -1.85. The molecule has 0 N–H and O–H groups in total. The minimum Gasteiger partial charge on any atom is -0.463 e. The third kappa shape index (κ3) is 8.83. The monoisotopic (exact) mass is 590 g/mol. The van der Waals surface area contributed by atoms with Gasteiger partial charge in [-0.1, -0.05) is 61.7 Å². The fourth-order valence-corrected chi connectivity index (χ4v) is 4.26. The van der Waals surface area contributed by atoms with Gasteiger partial charge in [-0.05, 0) is 71.2 Å². The highest BCUT2D eigenvalue weighted by atomic mass is 19.4. The maximum absolute atomic E-state index is 14.0. The highest BCUT2D eigenvalue weighted by Gasteiger charge is 2.40. The number of hydrogen-bond donors (Lipinski definition) is 0. The standard InChI is InChI=1S/C32H28F6O4/c1-3-29(39)41-17-5-7-21-9-13-23(14-10-21)25-19-26(28(32(36,37)38)20-27(25)31(33,34)35)24-15-11-22(12-16-24)8-6-18-42-30(40)4-2/h3-4,9-16,19-20H,1-2,5-8,17-18H2. The summed E-state index contributed by atoms with van der Waals surface area (Å²) in [7, 11) is 0. The molecule has 0 heterocycles. The van der Waals surface area contributed by atoms with Gasteiger partial charge in [-0.3, -0.25) is 0 Å². The Morgan fingerprint density at radius 3 is 1.29 bits per heavy atom. The number of benzene rings is 3. The van der Waals surface area contributed by atoms with Crippen molar-refractivity contribution in [3.8, 4) is 22.3 Å². The number of carbonyl (C=O) groups is 2. The van der Waals surface area contributed by atoms with Crippen molar-refractivity contribution in [1.29, 1.82) is 0 Å². The molecule has 0 aliphatic rings. The summed E-state index contributed by atoms with van der Waals surface area (Å²) in [6, 6.07) is 13.1. The van der Waals surface area contributed by atoms with Gasteiger partial charge in [-0.25, -0.2) is 9.59 Å². The highest BCUT2D eigenvalue weighted by molar-refractivity contribution is 5.81. The normalized spacial score (nSPS) is 11.6. The van der Waals surface area contributed by atoms with Crippen LogP contribution in [0.1, 0.15) is 35.1 Å². The molecule has 0 radical (unpaired) electrons. The van der Waals surface area contributed by atoms with E-state index in [9.17, 15) is 35.9 Å². The van der Waals surface area contributed by atoms with E-state index < -0.39 is 35.4 Å². The van der Waals surface area contributed by atoms with Crippen molar-refractivity contribution >= 4 is 11.9 Å². The number of halogens is 6. The molecule has 0 aliphatic carbocycles. The number of aryl methyl sites for hydroxylation is 2. The summed E-state index contributed by atoms with van der Waals surface area (Å²) < 4.78 is 94.0. The van der Waals surface area contributed by atoms with E-state index in [1.165, 1.54) is 24.3 Å². The second-order valence-corrected chi connectivity index (χ2v) is 9.28. The number of esters is 2. The predicted octanol–water partition coefficient (Wildman–Crippen LogP) is 8.38. The van der Waals surface area contributed by atoms with Crippen molar-refractivity contribution in [2.45, 2.75) is 38.0 Å². The third-order valence-corrected chi connectivity index (χ3v) is 6.34. The Morgan fingerprint density at radius 2 is 0.976 bits per heavy atom. The van der Waals surface area contributed by atoms with Gasteiger partial charge in [-0.2, -0.15) is 26.3 Å². The number of ether oxygens (including phenoxy) is 2. The molecule has 0 aromatic heterocycles. The molecule has 42 heavy (non-hydrogen) atoms. The molecule has 3 aromatic carbocycles. The first kappa shape index (κ1) is 32.2. The summed E-state index contributed by atoms with van der Waals surface area (Å²) in [6.45, 7) is 6.86. The first-order valence-corrected chi connectivity index (χ1v) is 12.9. The quantitative estimate of drug-likeness (QED) is 0.0921. The second-order valence-electron chi connectivity index (χ2n) is 9.28. The average molecular weight is 591 g/mol. The number of rotatable bonds is 12. The van der Waals surface area contributed by atoms with E-state index in [4.69, 9.17) is 9.47 Å². The van der Waals surface area contributed by atoms with Crippen LogP contribution in [0.25, 0.3) is 22.3 Å². The summed E-state index contributed by atoms with van der Waals surface area (Å²) in [5, 5.41) is 0. The Bertz CT molecular complexity index is 1300. The maximum atomic E-state index is 14.0. The van der Waals surface area contributed by atoms with Crippen molar-refractivity contribution in [3.05, 3.63) is 108 Å². The largest absolute Gasteiger partial charge is 0.463 e. The van der Waals surface area contributed by atoms with Crippen molar-refractivity contribution in [2.24, 2.45) is 0 Å². The van der Waals surface area contributed by atoms with Gasteiger partial charge in [0.25, 0.3) is 0 Å². The van der Waals surface area contributed by atoms with E-state index in [2.05, 4.69) is 13.2 Å². The van der Waals surface area contributed by atoms with Crippen LogP contribution in [0.3, 0.4) is 0 Å². The molecule has 0 spiro atoms. The van der Waals surface area contributed by atoms with Gasteiger partial charge < -0.3 is 9.47 Å². The van der Waals surface area contributed by atoms with Crippen molar-refractivity contribution in [2.75, 3.05) is 13.2 Å². The molecule has 0 fully saturated rings. The summed E-state index contributed by atoms with van der Waals surface area (Å²) in [5.74, 6) is -1.13. The molecule has 0 atom stereocenters. The lowest BCUT2D eigenvalue weighted by Gasteiger charge is -2.20. The van der Waals surface area contributed by atoms with Crippen LogP contribution in [0.4, 0.5) is 26.3 Å². The third-order valence-electron chi connectivity index (χ3n) is 6.34. The first-order valence-electron chi connectivity index (χ1n) is 12.9. The molecule has 0 unspecified atom stereocenters. The van der Waals surface area contributed by atoms with Gasteiger partial charge in [0, 0.05) is 12.2 Å². The Kier molecular flexibility index (Phi) is 10.7. The number of alkyl halides is 6. The van der Waals surface area contributed by atoms with E-state index >= 15 is 0 Å². The fraction of sp³-hybridized carbons (Fsp3) is 0.250. The molecule has 0 aliphatic heterocycles. The van der Waals surface area contributed by atoms with Crippen molar-refractivity contribution in [1.82, 2.24) is 0 Å². The van der Waals surface area contributed by atoms with Crippen molar-refractivity contribution < 1.29 is 45.4 Å². The minimum absolute atomic E-state index is 0.102. The van der Waals surface area contributed by atoms with Crippen LogP contribution in [0.15, 0.2) is 86.0 Å². The second kappa shape index (κ2) is 14.0. The molecular weight excluding hydrogens is 562 g/mol. The zero-order valence-electron chi connectivity index (χ0n) is 22.5. The summed E-state index contributed by atoms with van der Waals surface area (Å²) in [6.07, 6.45) is -6.14. The van der Waals surface area contributed by atoms with Crippen LogP contribution in [-0.4, -0.2) is 25.2 Å². The smallest absolute Gasteiger partial charge is 0.417 e. The molecule has 10 heteroatoms. The predicted molar refractivity (Wildman–Crippen MR) is 146 cm³/mol. The van der Waals surface area contributed by atoms with E-state index in [1.54, 1.807) is 24.3 Å². The Balaban J connectivity index is 1.93. The molecule has 3 aromatic rings. The van der Waals surface area contributed by atoms with Gasteiger partial charge in [0.15, 0.2) is 0 Å². The van der Waals surface area contributed by atoms with Crippen LogP contribution in [0, 0.1) is 0 Å². The lowest BCUT2D eigenvalue weighted by Crippen LogP contribution is -2.14. The van der Waals surface area contributed by atoms with Gasteiger partial charge in [0.2, 0.25) is 0 Å². The van der Waals surface area contributed by atoms with Gasteiger partial charge in [0.1, 0.15) is 0 Å². The maximum Gasteiger partial charge on any atom is 0.417 e. The molecule has 0 saturated heterocycles. The first-order chi connectivity index (χ1) is 19.8. The Hall–Kier alpha value is -4.34. The molecule has 222 valence electrons. The van der Waals surface area contributed by atoms with E-state index in [0.717, 1.165) is 29.3 Å². The molecular formula is C32H28F6O4.